The van der Waals surface area contributed by atoms with Crippen molar-refractivity contribution in [3.05, 3.63) is 72.9 Å². The molecule has 2 unspecified atom stereocenters. The summed E-state index contributed by atoms with van der Waals surface area (Å²) in [6.07, 6.45) is 62.6. The van der Waals surface area contributed by atoms with E-state index in [2.05, 4.69) is 92.1 Å². The Hall–Kier alpha value is -2.17. The molecule has 3 N–H and O–H groups in total. The van der Waals surface area contributed by atoms with Gasteiger partial charge >= 0.3 is 0 Å². The molecule has 0 aliphatic heterocycles. The second-order valence-corrected chi connectivity index (χ2v) is 15.1. The highest BCUT2D eigenvalue weighted by molar-refractivity contribution is 5.76. The monoisotopic (exact) mass is 738 g/mol. The SMILES string of the molecule is CC/C=C\C/C=C\C/C=C\C/C=C\C/C=C\C/C=C\CCCCCCC(=O)NC(CO)C(O)CCCCCCCCCCCCCCCCCCCC. The molecule has 0 bridgehead atoms. The zero-order valence-corrected chi connectivity index (χ0v) is 35.0. The maximum Gasteiger partial charge on any atom is 0.220 e. The van der Waals surface area contributed by atoms with Crippen molar-refractivity contribution in [1.29, 1.82) is 0 Å². The van der Waals surface area contributed by atoms with Gasteiger partial charge in [0.25, 0.3) is 0 Å². The maximum absolute atomic E-state index is 12.4. The summed E-state index contributed by atoms with van der Waals surface area (Å²) in [6.45, 7) is 4.23. The second-order valence-electron chi connectivity index (χ2n) is 15.1. The van der Waals surface area contributed by atoms with E-state index in [-0.39, 0.29) is 12.5 Å². The van der Waals surface area contributed by atoms with Crippen molar-refractivity contribution < 1.29 is 15.0 Å². The molecule has 0 aromatic rings. The molecule has 0 fully saturated rings. The van der Waals surface area contributed by atoms with Crippen LogP contribution in [-0.4, -0.2) is 34.9 Å². The molecule has 0 saturated carbocycles. The van der Waals surface area contributed by atoms with Crippen LogP contribution in [0.25, 0.3) is 0 Å². The first-order chi connectivity index (χ1) is 26.2. The lowest BCUT2D eigenvalue weighted by atomic mass is 10.0. The Labute approximate surface area is 329 Å². The molecular formula is C49H87NO3. The number of hydrogen-bond donors (Lipinski definition) is 3. The third kappa shape index (κ3) is 40.8. The minimum Gasteiger partial charge on any atom is -0.394 e. The van der Waals surface area contributed by atoms with Gasteiger partial charge in [0, 0.05) is 6.42 Å². The summed E-state index contributed by atoms with van der Waals surface area (Å²) in [5.74, 6) is -0.0575. The van der Waals surface area contributed by atoms with E-state index in [1.807, 2.05) is 0 Å². The van der Waals surface area contributed by atoms with Crippen LogP contribution in [0.3, 0.4) is 0 Å². The summed E-state index contributed by atoms with van der Waals surface area (Å²) < 4.78 is 0. The van der Waals surface area contributed by atoms with Crippen LogP contribution in [0.4, 0.5) is 0 Å². The van der Waals surface area contributed by atoms with E-state index in [4.69, 9.17) is 0 Å². The lowest BCUT2D eigenvalue weighted by Gasteiger charge is -2.22. The molecule has 0 aromatic heterocycles. The fourth-order valence-electron chi connectivity index (χ4n) is 6.54. The Morgan fingerprint density at radius 2 is 0.830 bits per heavy atom. The van der Waals surface area contributed by atoms with E-state index >= 15 is 0 Å². The smallest absolute Gasteiger partial charge is 0.220 e. The van der Waals surface area contributed by atoms with Gasteiger partial charge in [0.2, 0.25) is 5.91 Å². The van der Waals surface area contributed by atoms with Gasteiger partial charge in [0.15, 0.2) is 0 Å². The fourth-order valence-corrected chi connectivity index (χ4v) is 6.54. The fraction of sp³-hybridized carbons (Fsp3) is 0.735. The molecule has 0 aliphatic carbocycles. The van der Waals surface area contributed by atoms with Crippen LogP contribution in [0, 0.1) is 0 Å². The average Bonchev–Trinajstić information content (AvgIpc) is 3.16. The number of allylic oxidation sites excluding steroid dienone is 12. The van der Waals surface area contributed by atoms with Crippen molar-refractivity contribution in [1.82, 2.24) is 5.32 Å². The number of hydrogen-bond acceptors (Lipinski definition) is 3. The summed E-state index contributed by atoms with van der Waals surface area (Å²) in [7, 11) is 0. The van der Waals surface area contributed by atoms with Gasteiger partial charge in [-0.25, -0.2) is 0 Å². The van der Waals surface area contributed by atoms with Crippen LogP contribution in [0.1, 0.15) is 213 Å². The molecular weight excluding hydrogens is 651 g/mol. The highest BCUT2D eigenvalue weighted by Gasteiger charge is 2.19. The van der Waals surface area contributed by atoms with Gasteiger partial charge in [0.05, 0.1) is 18.8 Å². The van der Waals surface area contributed by atoms with Crippen molar-refractivity contribution in [2.45, 2.75) is 225 Å². The highest BCUT2D eigenvalue weighted by atomic mass is 16.3. The van der Waals surface area contributed by atoms with Gasteiger partial charge in [-0.2, -0.15) is 0 Å². The summed E-state index contributed by atoms with van der Waals surface area (Å²) in [5, 5.41) is 23.2. The van der Waals surface area contributed by atoms with Crippen LogP contribution in [0.2, 0.25) is 0 Å². The van der Waals surface area contributed by atoms with E-state index in [1.54, 1.807) is 0 Å². The summed E-state index contributed by atoms with van der Waals surface area (Å²) in [5.41, 5.74) is 0. The van der Waals surface area contributed by atoms with E-state index in [0.717, 1.165) is 83.5 Å². The molecule has 0 saturated heterocycles. The number of rotatable bonds is 40. The number of nitrogens with one attached hydrogen (secondary N) is 1. The number of carbonyl (C=O) groups is 1. The molecule has 0 heterocycles. The molecule has 0 rings (SSSR count). The predicted molar refractivity (Wildman–Crippen MR) is 234 cm³/mol. The Kier molecular flexibility index (Phi) is 42.4. The number of carbonyl (C=O) groups excluding carboxylic acids is 1. The normalized spacial score (nSPS) is 13.7. The lowest BCUT2D eigenvalue weighted by Crippen LogP contribution is -2.45. The van der Waals surface area contributed by atoms with Crippen molar-refractivity contribution in [2.24, 2.45) is 0 Å². The first-order valence-electron chi connectivity index (χ1n) is 22.6. The Morgan fingerprint density at radius 3 is 1.25 bits per heavy atom. The summed E-state index contributed by atoms with van der Waals surface area (Å²) in [6, 6.07) is -0.554. The third-order valence-corrected chi connectivity index (χ3v) is 9.98. The van der Waals surface area contributed by atoms with E-state index in [1.165, 1.54) is 103 Å². The quantitative estimate of drug-likeness (QED) is 0.0433. The van der Waals surface area contributed by atoms with Crippen molar-refractivity contribution in [3.63, 3.8) is 0 Å². The topological polar surface area (TPSA) is 69.6 Å². The van der Waals surface area contributed by atoms with Crippen LogP contribution in [-0.2, 0) is 4.79 Å². The van der Waals surface area contributed by atoms with Gasteiger partial charge in [0.1, 0.15) is 0 Å². The van der Waals surface area contributed by atoms with Gasteiger partial charge < -0.3 is 15.5 Å². The van der Waals surface area contributed by atoms with Gasteiger partial charge in [-0.1, -0.05) is 215 Å². The molecule has 0 aromatic carbocycles. The number of amides is 1. The minimum atomic E-state index is -0.675. The molecule has 4 heteroatoms. The second kappa shape index (κ2) is 44.2. The zero-order chi connectivity index (χ0) is 38.6. The van der Waals surface area contributed by atoms with Gasteiger partial charge in [-0.05, 0) is 64.2 Å². The Morgan fingerprint density at radius 1 is 0.472 bits per heavy atom. The number of aliphatic hydroxyl groups is 2. The zero-order valence-electron chi connectivity index (χ0n) is 35.0. The Balaban J connectivity index is 3.62. The van der Waals surface area contributed by atoms with E-state index < -0.39 is 12.1 Å². The highest BCUT2D eigenvalue weighted by Crippen LogP contribution is 2.16. The van der Waals surface area contributed by atoms with Crippen LogP contribution in [0.15, 0.2) is 72.9 Å². The molecule has 4 nitrogen and oxygen atoms in total. The number of unbranched alkanes of at least 4 members (excludes halogenated alkanes) is 21. The minimum absolute atomic E-state index is 0.0575. The lowest BCUT2D eigenvalue weighted by molar-refractivity contribution is -0.123. The third-order valence-electron chi connectivity index (χ3n) is 9.98. The maximum atomic E-state index is 12.4. The van der Waals surface area contributed by atoms with Crippen LogP contribution < -0.4 is 5.32 Å². The summed E-state index contributed by atoms with van der Waals surface area (Å²) in [4.78, 5) is 12.4. The molecule has 1 amide bonds. The van der Waals surface area contributed by atoms with Crippen molar-refractivity contribution >= 4 is 5.91 Å². The average molecular weight is 738 g/mol. The van der Waals surface area contributed by atoms with Gasteiger partial charge in [-0.3, -0.25) is 4.79 Å². The molecule has 0 spiro atoms. The number of aliphatic hydroxyl groups excluding tert-OH is 2. The van der Waals surface area contributed by atoms with Crippen LogP contribution >= 0.6 is 0 Å². The molecule has 0 aliphatic rings. The molecule has 306 valence electrons. The molecule has 53 heavy (non-hydrogen) atoms. The largest absolute Gasteiger partial charge is 0.394 e. The first-order valence-corrected chi connectivity index (χ1v) is 22.6. The Bertz CT molecular complexity index is 930. The van der Waals surface area contributed by atoms with Gasteiger partial charge in [-0.15, -0.1) is 0 Å². The van der Waals surface area contributed by atoms with E-state index in [0.29, 0.717) is 12.8 Å². The molecule has 0 radical (unpaired) electrons. The summed E-state index contributed by atoms with van der Waals surface area (Å²) >= 11 is 0. The predicted octanol–water partition coefficient (Wildman–Crippen LogP) is 14.3. The first kappa shape index (κ1) is 50.8. The van der Waals surface area contributed by atoms with E-state index in [9.17, 15) is 15.0 Å². The van der Waals surface area contributed by atoms with Crippen molar-refractivity contribution in [2.75, 3.05) is 6.61 Å². The molecule has 2 atom stereocenters. The van der Waals surface area contributed by atoms with Crippen LogP contribution in [0.5, 0.6) is 0 Å². The van der Waals surface area contributed by atoms with Crippen molar-refractivity contribution in [3.8, 4) is 0 Å². The standard InChI is InChI=1S/C49H87NO3/c1-3-5-7-9-11-13-15-17-19-21-23-24-25-26-27-29-31-33-35-37-39-41-43-45-49(53)50-47(46-51)48(52)44-42-40-38-36-34-32-30-28-22-20-18-16-14-12-10-8-6-4-2/h5,7,11,13,17,19,23-24,26-27,31,33,47-48,51-52H,3-4,6,8-10,12,14-16,18,20-22,25,28-30,32,34-46H2,1-2H3,(H,50,53)/b7-5-,13-11-,19-17-,24-23-,27-26-,33-31-.